The second-order valence-corrected chi connectivity index (χ2v) is 4.52. The summed E-state index contributed by atoms with van der Waals surface area (Å²) in [5, 5.41) is 10.9. The van der Waals surface area contributed by atoms with Gasteiger partial charge in [-0.3, -0.25) is 0 Å². The summed E-state index contributed by atoms with van der Waals surface area (Å²) < 4.78 is 38.6. The van der Waals surface area contributed by atoms with Crippen molar-refractivity contribution in [2.24, 2.45) is 16.8 Å². The molecule has 0 aliphatic rings. The first-order valence-corrected chi connectivity index (χ1v) is 6.13. The smallest absolute Gasteiger partial charge is 0.400 e. The van der Waals surface area contributed by atoms with Crippen LogP contribution in [0.1, 0.15) is 12.5 Å². The summed E-state index contributed by atoms with van der Waals surface area (Å²) in [5.41, 5.74) is 6.87. The molecular formula is C13H18F3N3O. The van der Waals surface area contributed by atoms with Gasteiger partial charge in [-0.05, 0) is 24.1 Å². The highest BCUT2D eigenvalue weighted by Gasteiger charge is 2.43. The van der Waals surface area contributed by atoms with E-state index in [1.165, 1.54) is 11.9 Å². The van der Waals surface area contributed by atoms with Gasteiger partial charge in [0.05, 0.1) is 0 Å². The number of amidine groups is 1. The van der Waals surface area contributed by atoms with Gasteiger partial charge in [-0.2, -0.15) is 13.2 Å². The van der Waals surface area contributed by atoms with E-state index in [0.29, 0.717) is 5.69 Å². The summed E-state index contributed by atoms with van der Waals surface area (Å²) in [4.78, 5) is 1.43. The van der Waals surface area contributed by atoms with Crippen LogP contribution in [0.25, 0.3) is 0 Å². The van der Waals surface area contributed by atoms with Crippen molar-refractivity contribution >= 4 is 11.5 Å². The number of halogens is 3. The monoisotopic (exact) mass is 289 g/mol. The first-order valence-electron chi connectivity index (χ1n) is 6.13. The van der Waals surface area contributed by atoms with Crippen molar-refractivity contribution in [3.05, 3.63) is 29.8 Å². The zero-order chi connectivity index (χ0) is 15.3. The van der Waals surface area contributed by atoms with E-state index >= 15 is 0 Å². The van der Waals surface area contributed by atoms with E-state index in [9.17, 15) is 13.2 Å². The van der Waals surface area contributed by atoms with Crippen molar-refractivity contribution in [2.45, 2.75) is 19.5 Å². The maximum atomic E-state index is 12.9. The zero-order valence-corrected chi connectivity index (χ0v) is 11.4. The fourth-order valence-corrected chi connectivity index (χ4v) is 1.80. The van der Waals surface area contributed by atoms with E-state index in [4.69, 9.17) is 10.9 Å². The Hall–Kier alpha value is -1.92. The minimum absolute atomic E-state index is 0.412. The Kier molecular flexibility index (Phi) is 5.24. The molecule has 1 aromatic rings. The Morgan fingerprint density at radius 3 is 2.30 bits per heavy atom. The van der Waals surface area contributed by atoms with E-state index in [2.05, 4.69) is 5.16 Å². The summed E-state index contributed by atoms with van der Waals surface area (Å²) in [6.07, 6.45) is -3.70. The molecule has 0 heterocycles. The van der Waals surface area contributed by atoms with Gasteiger partial charge in [0.15, 0.2) is 5.84 Å². The highest BCUT2D eigenvalue weighted by Crippen LogP contribution is 2.28. The number of alkyl halides is 3. The van der Waals surface area contributed by atoms with E-state index in [1.807, 2.05) is 19.1 Å². The summed E-state index contributed by atoms with van der Waals surface area (Å²) in [5.74, 6) is -2.85. The molecule has 0 bridgehead atoms. The molecule has 1 rings (SSSR count). The molecule has 0 aliphatic carbocycles. The van der Waals surface area contributed by atoms with Crippen LogP contribution in [-0.2, 0) is 6.42 Å². The van der Waals surface area contributed by atoms with E-state index in [0.717, 1.165) is 12.0 Å². The fraction of sp³-hybridized carbons (Fsp3) is 0.462. The van der Waals surface area contributed by atoms with Crippen molar-refractivity contribution in [3.63, 3.8) is 0 Å². The van der Waals surface area contributed by atoms with Crippen molar-refractivity contribution in [2.75, 3.05) is 18.5 Å². The van der Waals surface area contributed by atoms with E-state index in [-0.39, 0.29) is 0 Å². The van der Waals surface area contributed by atoms with Gasteiger partial charge in [-0.25, -0.2) is 0 Å². The summed E-state index contributed by atoms with van der Waals surface area (Å²) in [6.45, 7) is 1.59. The maximum Gasteiger partial charge on any atom is 0.400 e. The minimum atomic E-state index is -4.56. The number of oxime groups is 1. The van der Waals surface area contributed by atoms with Crippen LogP contribution >= 0.6 is 0 Å². The molecule has 0 aromatic heterocycles. The van der Waals surface area contributed by atoms with Gasteiger partial charge in [-0.1, -0.05) is 24.2 Å². The van der Waals surface area contributed by atoms with Crippen LogP contribution in [-0.4, -0.2) is 30.8 Å². The van der Waals surface area contributed by atoms with E-state index < -0.39 is 24.5 Å². The number of nitrogens with two attached hydrogens (primary N) is 1. The molecule has 4 nitrogen and oxygen atoms in total. The lowest BCUT2D eigenvalue weighted by Gasteiger charge is -2.26. The van der Waals surface area contributed by atoms with Gasteiger partial charge >= 0.3 is 6.18 Å². The molecule has 1 aromatic carbocycles. The Balaban J connectivity index is 2.87. The molecule has 7 heteroatoms. The number of anilines is 1. The SMILES string of the molecule is CCc1ccc(N(C)CC(/C(N)=N/O)C(F)(F)F)cc1. The molecule has 20 heavy (non-hydrogen) atoms. The first-order chi connectivity index (χ1) is 9.29. The van der Waals surface area contributed by atoms with Gasteiger partial charge in [0.2, 0.25) is 0 Å². The lowest BCUT2D eigenvalue weighted by molar-refractivity contribution is -0.153. The molecule has 3 N–H and O–H groups in total. The largest absolute Gasteiger partial charge is 0.409 e. The Morgan fingerprint density at radius 2 is 1.90 bits per heavy atom. The van der Waals surface area contributed by atoms with Crippen LogP contribution in [0.5, 0.6) is 0 Å². The Labute approximate surface area is 115 Å². The molecule has 0 fully saturated rings. The van der Waals surface area contributed by atoms with Crippen LogP contribution in [0, 0.1) is 5.92 Å². The Bertz CT molecular complexity index is 457. The average molecular weight is 289 g/mol. The predicted molar refractivity (Wildman–Crippen MR) is 72.0 cm³/mol. The number of rotatable bonds is 5. The fourth-order valence-electron chi connectivity index (χ4n) is 1.80. The van der Waals surface area contributed by atoms with Crippen molar-refractivity contribution < 1.29 is 18.4 Å². The lowest BCUT2D eigenvalue weighted by Crippen LogP contribution is -2.43. The summed E-state index contributed by atoms with van der Waals surface area (Å²) in [7, 11) is 1.53. The third-order valence-corrected chi connectivity index (χ3v) is 3.11. The van der Waals surface area contributed by atoms with Crippen LogP contribution < -0.4 is 10.6 Å². The molecule has 0 spiro atoms. The molecule has 0 saturated carbocycles. The Morgan fingerprint density at radius 1 is 1.35 bits per heavy atom. The number of hydrogen-bond acceptors (Lipinski definition) is 3. The molecule has 112 valence electrons. The first kappa shape index (κ1) is 16.1. The summed E-state index contributed by atoms with van der Waals surface area (Å²) >= 11 is 0. The third-order valence-electron chi connectivity index (χ3n) is 3.11. The highest BCUT2D eigenvalue weighted by atomic mass is 19.4. The lowest BCUT2D eigenvalue weighted by atomic mass is 10.1. The molecule has 1 atom stereocenters. The molecule has 1 unspecified atom stereocenters. The van der Waals surface area contributed by atoms with Crippen molar-refractivity contribution in [1.82, 2.24) is 0 Å². The maximum absolute atomic E-state index is 12.9. The van der Waals surface area contributed by atoms with Crippen LogP contribution in [0.3, 0.4) is 0 Å². The number of nitrogens with zero attached hydrogens (tertiary/aromatic N) is 2. The number of aryl methyl sites for hydroxylation is 1. The molecule has 0 radical (unpaired) electrons. The van der Waals surface area contributed by atoms with Crippen molar-refractivity contribution in [3.8, 4) is 0 Å². The van der Waals surface area contributed by atoms with Crippen LogP contribution in [0.2, 0.25) is 0 Å². The van der Waals surface area contributed by atoms with Crippen LogP contribution in [0.15, 0.2) is 29.4 Å². The normalized spacial score (nSPS) is 14.2. The topological polar surface area (TPSA) is 61.8 Å². The standard InChI is InChI=1S/C13H18F3N3O/c1-3-9-4-6-10(7-5-9)19(2)8-11(12(17)18-20)13(14,15)16/h4-7,11,20H,3,8H2,1-2H3,(H2,17,18). The highest BCUT2D eigenvalue weighted by molar-refractivity contribution is 5.83. The molecule has 0 aliphatic heterocycles. The van der Waals surface area contributed by atoms with Gasteiger partial charge < -0.3 is 15.8 Å². The van der Waals surface area contributed by atoms with E-state index in [1.54, 1.807) is 12.1 Å². The molecule has 0 saturated heterocycles. The molecular weight excluding hydrogens is 271 g/mol. The molecule has 0 amide bonds. The zero-order valence-electron chi connectivity index (χ0n) is 11.4. The summed E-state index contributed by atoms with van der Waals surface area (Å²) in [6, 6.07) is 7.22. The minimum Gasteiger partial charge on any atom is -0.409 e. The van der Waals surface area contributed by atoms with Gasteiger partial charge in [-0.15, -0.1) is 0 Å². The van der Waals surface area contributed by atoms with Crippen LogP contribution in [0.4, 0.5) is 18.9 Å². The second kappa shape index (κ2) is 6.49. The van der Waals surface area contributed by atoms with Gasteiger partial charge in [0.25, 0.3) is 0 Å². The van der Waals surface area contributed by atoms with Crippen molar-refractivity contribution in [1.29, 1.82) is 0 Å². The second-order valence-electron chi connectivity index (χ2n) is 4.52. The van der Waals surface area contributed by atoms with Gasteiger partial charge in [0.1, 0.15) is 5.92 Å². The third kappa shape index (κ3) is 4.04. The number of hydrogen-bond donors (Lipinski definition) is 2. The number of benzene rings is 1. The average Bonchev–Trinajstić information content (AvgIpc) is 2.42. The quantitative estimate of drug-likeness (QED) is 0.379. The predicted octanol–water partition coefficient (Wildman–Crippen LogP) is 2.61. The van der Waals surface area contributed by atoms with Gasteiger partial charge in [0, 0.05) is 19.3 Å².